The summed E-state index contributed by atoms with van der Waals surface area (Å²) in [5.41, 5.74) is 6.60. The smallest absolute Gasteiger partial charge is 0.188 e. The lowest BCUT2D eigenvalue weighted by atomic mass is 10.0. The topological polar surface area (TPSA) is 38.7 Å². The maximum atomic E-state index is 9.66. The summed E-state index contributed by atoms with van der Waals surface area (Å²) in [6.45, 7) is 17.6. The molecule has 0 radical (unpaired) electrons. The zero-order valence-electron chi connectivity index (χ0n) is 19.3. The van der Waals surface area contributed by atoms with E-state index in [1.165, 1.54) is 11.1 Å². The van der Waals surface area contributed by atoms with Crippen LogP contribution in [-0.2, 0) is 17.6 Å². The highest BCUT2D eigenvalue weighted by molar-refractivity contribution is 6.17. The molecule has 0 bridgehead atoms. The largest absolute Gasteiger partial charge is 0.507 e. The third-order valence-electron chi connectivity index (χ3n) is 4.43. The molecule has 4 heteroatoms. The van der Waals surface area contributed by atoms with E-state index in [1.807, 2.05) is 52.0 Å². The molecule has 0 saturated carbocycles. The van der Waals surface area contributed by atoms with Crippen molar-refractivity contribution in [3.05, 3.63) is 83.0 Å². The number of alkyl halides is 1. The zero-order chi connectivity index (χ0) is 23.1. The van der Waals surface area contributed by atoms with Crippen molar-refractivity contribution in [2.24, 2.45) is 0 Å². The Morgan fingerprint density at radius 3 is 1.80 bits per heavy atom. The number of hydrogen-bond donors (Lipinski definition) is 1. The Labute approximate surface area is 188 Å². The fraction of sp³-hybridized carbons (Fsp3) is 0.385. The number of aromatic hydroxyl groups is 1. The van der Waals surface area contributed by atoms with Gasteiger partial charge in [0.2, 0.25) is 0 Å². The van der Waals surface area contributed by atoms with Crippen LogP contribution in [0, 0.1) is 27.7 Å². The maximum Gasteiger partial charge on any atom is 0.188 e. The molecule has 166 valence electrons. The molecule has 30 heavy (non-hydrogen) atoms. The van der Waals surface area contributed by atoms with Gasteiger partial charge in [-0.2, -0.15) is 0 Å². The Hall–Kier alpha value is -2.23. The Balaban J connectivity index is 0.000000505. The van der Waals surface area contributed by atoms with Gasteiger partial charge in [0, 0.05) is 24.1 Å². The second-order valence-corrected chi connectivity index (χ2v) is 7.37. The van der Waals surface area contributed by atoms with Gasteiger partial charge in [0.05, 0.1) is 0 Å². The lowest BCUT2D eigenvalue weighted by Crippen LogP contribution is -2.04. The summed E-state index contributed by atoms with van der Waals surface area (Å²) < 4.78 is 10.5. The van der Waals surface area contributed by atoms with Gasteiger partial charge in [-0.05, 0) is 62.8 Å². The van der Waals surface area contributed by atoms with Gasteiger partial charge in [-0.1, -0.05) is 43.3 Å². The van der Waals surface area contributed by atoms with Crippen molar-refractivity contribution in [1.82, 2.24) is 0 Å². The van der Waals surface area contributed by atoms with E-state index in [1.54, 1.807) is 7.11 Å². The second kappa shape index (κ2) is 15.6. The number of rotatable bonds is 7. The molecular formula is C26H37ClO3. The van der Waals surface area contributed by atoms with Gasteiger partial charge in [-0.15, -0.1) is 24.8 Å². The van der Waals surface area contributed by atoms with Gasteiger partial charge in [-0.3, -0.25) is 0 Å². The van der Waals surface area contributed by atoms with E-state index < -0.39 is 0 Å². The summed E-state index contributed by atoms with van der Waals surface area (Å²) in [6.07, 6.45) is 5.26. The average Bonchev–Trinajstić information content (AvgIpc) is 2.72. The molecule has 2 aromatic rings. The lowest BCUT2D eigenvalue weighted by molar-refractivity contribution is 0.0500. The first kappa shape index (κ1) is 27.8. The van der Waals surface area contributed by atoms with Gasteiger partial charge in [-0.25, -0.2) is 0 Å². The third kappa shape index (κ3) is 9.06. The highest BCUT2D eigenvalue weighted by Gasteiger charge is 2.08. The van der Waals surface area contributed by atoms with Crippen LogP contribution >= 0.6 is 11.6 Å². The van der Waals surface area contributed by atoms with Crippen molar-refractivity contribution >= 4 is 11.6 Å². The van der Waals surface area contributed by atoms with Gasteiger partial charge < -0.3 is 14.6 Å². The molecule has 3 nitrogen and oxygen atoms in total. The molecule has 0 aliphatic rings. The second-order valence-electron chi connectivity index (χ2n) is 6.84. The molecule has 0 spiro atoms. The van der Waals surface area contributed by atoms with Crippen LogP contribution in [0.15, 0.2) is 49.6 Å². The fourth-order valence-electron chi connectivity index (χ4n) is 2.82. The van der Waals surface area contributed by atoms with Crippen LogP contribution in [0.2, 0.25) is 0 Å². The molecule has 0 aliphatic carbocycles. The molecule has 0 fully saturated rings. The van der Waals surface area contributed by atoms with Crippen LogP contribution in [-0.4, -0.2) is 24.9 Å². The Morgan fingerprint density at radius 1 is 0.867 bits per heavy atom. The average molecular weight is 433 g/mol. The first-order chi connectivity index (χ1) is 14.3. The lowest BCUT2D eigenvalue weighted by Gasteiger charge is -2.14. The summed E-state index contributed by atoms with van der Waals surface area (Å²) in [7, 11) is 1.62. The normalized spacial score (nSPS) is 9.57. The van der Waals surface area contributed by atoms with Crippen LogP contribution in [0.3, 0.4) is 0 Å². The van der Waals surface area contributed by atoms with E-state index in [2.05, 4.69) is 32.2 Å². The predicted molar refractivity (Wildman–Crippen MR) is 130 cm³/mol. The Morgan fingerprint density at radius 2 is 1.30 bits per heavy atom. The SMILES string of the molecule is C=CCc1c(C)ccc(C)c1O.C=CCc1c(C)ccc(C)c1OCOC.CCCl. The number of methoxy groups -OCH3 is 1. The van der Waals surface area contributed by atoms with Crippen LogP contribution in [0.25, 0.3) is 0 Å². The number of phenolic OH excluding ortho intramolecular Hbond substituents is 1. The quantitative estimate of drug-likeness (QED) is 0.291. The van der Waals surface area contributed by atoms with Crippen LogP contribution in [0.4, 0.5) is 0 Å². The van der Waals surface area contributed by atoms with E-state index >= 15 is 0 Å². The van der Waals surface area contributed by atoms with Gasteiger partial charge in [0.15, 0.2) is 6.79 Å². The van der Waals surface area contributed by atoms with Crippen molar-refractivity contribution in [2.75, 3.05) is 19.8 Å². The van der Waals surface area contributed by atoms with Crippen LogP contribution < -0.4 is 4.74 Å². The van der Waals surface area contributed by atoms with E-state index in [4.69, 9.17) is 21.1 Å². The summed E-state index contributed by atoms with van der Waals surface area (Å²) in [5.74, 6) is 2.06. The van der Waals surface area contributed by atoms with Crippen molar-refractivity contribution in [3.63, 3.8) is 0 Å². The van der Waals surface area contributed by atoms with Crippen LogP contribution in [0.1, 0.15) is 40.3 Å². The summed E-state index contributed by atoms with van der Waals surface area (Å²) in [6, 6.07) is 8.12. The first-order valence-corrected chi connectivity index (χ1v) is 10.6. The first-order valence-electron chi connectivity index (χ1n) is 10.0. The summed E-state index contributed by atoms with van der Waals surface area (Å²) in [4.78, 5) is 0. The Kier molecular flexibility index (Phi) is 14.4. The fourth-order valence-corrected chi connectivity index (χ4v) is 2.82. The number of ether oxygens (including phenoxy) is 2. The molecule has 1 N–H and O–H groups in total. The highest BCUT2D eigenvalue weighted by Crippen LogP contribution is 2.27. The van der Waals surface area contributed by atoms with Gasteiger partial charge in [0.1, 0.15) is 11.5 Å². The number of benzene rings is 2. The maximum absolute atomic E-state index is 9.66. The molecule has 2 aromatic carbocycles. The van der Waals surface area contributed by atoms with Crippen molar-refractivity contribution in [3.8, 4) is 11.5 Å². The molecule has 0 amide bonds. The van der Waals surface area contributed by atoms with Crippen molar-refractivity contribution < 1.29 is 14.6 Å². The predicted octanol–water partition coefficient (Wildman–Crippen LogP) is 7.00. The molecule has 2 rings (SSSR count). The minimum absolute atomic E-state index is 0.286. The highest BCUT2D eigenvalue weighted by atomic mass is 35.5. The molecule has 0 unspecified atom stereocenters. The van der Waals surface area contributed by atoms with Crippen molar-refractivity contribution in [2.45, 2.75) is 47.5 Å². The zero-order valence-corrected chi connectivity index (χ0v) is 20.1. The molecule has 0 atom stereocenters. The number of aryl methyl sites for hydroxylation is 4. The summed E-state index contributed by atoms with van der Waals surface area (Å²) in [5, 5.41) is 9.66. The Bertz CT molecular complexity index is 797. The monoisotopic (exact) mass is 432 g/mol. The van der Waals surface area contributed by atoms with Gasteiger partial charge in [0.25, 0.3) is 0 Å². The molecule has 0 saturated heterocycles. The third-order valence-corrected chi connectivity index (χ3v) is 4.43. The molecular weight excluding hydrogens is 396 g/mol. The van der Waals surface area contributed by atoms with Crippen molar-refractivity contribution in [1.29, 1.82) is 0 Å². The van der Waals surface area contributed by atoms with Gasteiger partial charge >= 0.3 is 0 Å². The van der Waals surface area contributed by atoms with E-state index in [9.17, 15) is 5.11 Å². The molecule has 0 aromatic heterocycles. The molecule has 0 aliphatic heterocycles. The standard InChI is InChI=1S/C13H18O2.C11H14O.C2H5Cl/c1-5-6-12-10(2)7-8-11(3)13(12)15-9-14-4;1-4-5-10-8(2)6-7-9(3)11(10)12;1-2-3/h5,7-8H,1,6,9H2,2-4H3;4,6-7,12H,1,5H2,2-3H3;2H2,1H3. The summed E-state index contributed by atoms with van der Waals surface area (Å²) >= 11 is 5.00. The van der Waals surface area contributed by atoms with Crippen LogP contribution in [0.5, 0.6) is 11.5 Å². The minimum Gasteiger partial charge on any atom is -0.507 e. The van der Waals surface area contributed by atoms with E-state index in [0.717, 1.165) is 46.7 Å². The minimum atomic E-state index is 0.286. The molecule has 0 heterocycles. The number of allylic oxidation sites excluding steroid dienone is 2. The number of hydrogen-bond acceptors (Lipinski definition) is 3. The number of phenols is 1. The van der Waals surface area contributed by atoms with E-state index in [0.29, 0.717) is 5.75 Å². The van der Waals surface area contributed by atoms with E-state index in [-0.39, 0.29) is 6.79 Å². The number of halogens is 1.